The van der Waals surface area contributed by atoms with Crippen molar-refractivity contribution in [1.82, 2.24) is 5.32 Å². The molecule has 0 bridgehead atoms. The Balaban J connectivity index is 2.17. The monoisotopic (exact) mass is 304 g/mol. The number of para-hydroxylation sites is 1. The second-order valence-electron chi connectivity index (χ2n) is 5.16. The van der Waals surface area contributed by atoms with Crippen LogP contribution >= 0.6 is 0 Å². The van der Waals surface area contributed by atoms with Gasteiger partial charge in [-0.1, -0.05) is 12.1 Å². The Hall–Kier alpha value is -2.67. The molecule has 1 aromatic heterocycles. The van der Waals surface area contributed by atoms with Gasteiger partial charge in [0, 0.05) is 5.56 Å². The summed E-state index contributed by atoms with van der Waals surface area (Å²) >= 11 is 0. The van der Waals surface area contributed by atoms with Crippen molar-refractivity contribution in [1.29, 1.82) is 0 Å². The highest BCUT2D eigenvalue weighted by Gasteiger charge is 2.29. The third-order valence-corrected chi connectivity index (χ3v) is 3.31. The molecule has 0 spiro atoms. The molecule has 2 aromatic rings. The first-order chi connectivity index (χ1) is 10.3. The van der Waals surface area contributed by atoms with E-state index >= 15 is 0 Å². The highest BCUT2D eigenvalue weighted by atomic mass is 16.6. The van der Waals surface area contributed by atoms with E-state index in [1.165, 1.54) is 19.3 Å². The molecule has 7 heteroatoms. The Kier molecular flexibility index (Phi) is 4.27. The van der Waals surface area contributed by atoms with Gasteiger partial charge >= 0.3 is 0 Å². The topological polar surface area (TPSA) is 106 Å². The number of amides is 1. The van der Waals surface area contributed by atoms with Crippen LogP contribution in [0.1, 0.15) is 28.6 Å². The van der Waals surface area contributed by atoms with E-state index in [9.17, 15) is 20.0 Å². The SMILES string of the molecule is Cc1cccc(C(=O)NCC(C)(O)c2ccco2)c1[N+](=O)[O-]. The molecule has 0 aliphatic carbocycles. The number of rotatable bonds is 5. The van der Waals surface area contributed by atoms with Gasteiger partial charge in [0.2, 0.25) is 0 Å². The molecule has 2 rings (SSSR count). The fourth-order valence-corrected chi connectivity index (χ4v) is 2.10. The summed E-state index contributed by atoms with van der Waals surface area (Å²) in [7, 11) is 0. The summed E-state index contributed by atoms with van der Waals surface area (Å²) in [6.07, 6.45) is 1.41. The molecule has 1 unspecified atom stereocenters. The minimum Gasteiger partial charge on any atom is -0.466 e. The Bertz CT molecular complexity index is 692. The normalized spacial score (nSPS) is 13.4. The number of hydrogen-bond donors (Lipinski definition) is 2. The highest BCUT2D eigenvalue weighted by Crippen LogP contribution is 2.24. The summed E-state index contributed by atoms with van der Waals surface area (Å²) in [6.45, 7) is 2.91. The maximum Gasteiger partial charge on any atom is 0.285 e. The quantitative estimate of drug-likeness (QED) is 0.650. The fraction of sp³-hybridized carbons (Fsp3) is 0.267. The average molecular weight is 304 g/mol. The summed E-state index contributed by atoms with van der Waals surface area (Å²) < 4.78 is 5.11. The lowest BCUT2D eigenvalue weighted by Gasteiger charge is -2.21. The molecule has 1 heterocycles. The van der Waals surface area contributed by atoms with Crippen LogP contribution in [0.25, 0.3) is 0 Å². The number of benzene rings is 1. The van der Waals surface area contributed by atoms with Crippen LogP contribution in [-0.4, -0.2) is 22.5 Å². The van der Waals surface area contributed by atoms with Gasteiger partial charge in [0.15, 0.2) is 0 Å². The zero-order valence-electron chi connectivity index (χ0n) is 12.2. The van der Waals surface area contributed by atoms with Crippen molar-refractivity contribution < 1.29 is 19.2 Å². The van der Waals surface area contributed by atoms with Crippen molar-refractivity contribution in [2.45, 2.75) is 19.4 Å². The second-order valence-corrected chi connectivity index (χ2v) is 5.16. The van der Waals surface area contributed by atoms with Crippen molar-refractivity contribution in [2.75, 3.05) is 6.54 Å². The number of nitrogens with one attached hydrogen (secondary N) is 1. The lowest BCUT2D eigenvalue weighted by molar-refractivity contribution is -0.385. The summed E-state index contributed by atoms with van der Waals surface area (Å²) in [5.41, 5.74) is -1.29. The Morgan fingerprint density at radius 3 is 2.73 bits per heavy atom. The summed E-state index contributed by atoms with van der Waals surface area (Å²) in [4.78, 5) is 22.7. The molecule has 0 radical (unpaired) electrons. The van der Waals surface area contributed by atoms with Crippen LogP contribution in [0.4, 0.5) is 5.69 Å². The van der Waals surface area contributed by atoms with Crippen LogP contribution in [-0.2, 0) is 5.60 Å². The molecule has 1 amide bonds. The van der Waals surface area contributed by atoms with Gasteiger partial charge in [-0.05, 0) is 32.0 Å². The maximum atomic E-state index is 12.2. The standard InChI is InChI=1S/C15H16N2O5/c1-10-5-3-6-11(13(10)17(20)21)14(18)16-9-15(2,19)12-7-4-8-22-12/h3-8,19H,9H2,1-2H3,(H,16,18). The Morgan fingerprint density at radius 2 is 2.14 bits per heavy atom. The zero-order valence-corrected chi connectivity index (χ0v) is 12.2. The van der Waals surface area contributed by atoms with Crippen molar-refractivity contribution in [2.24, 2.45) is 0 Å². The molecule has 2 N–H and O–H groups in total. The number of carbonyl (C=O) groups excluding carboxylic acids is 1. The average Bonchev–Trinajstić information content (AvgIpc) is 2.99. The van der Waals surface area contributed by atoms with E-state index in [2.05, 4.69) is 5.32 Å². The number of furan rings is 1. The smallest absolute Gasteiger partial charge is 0.285 e. The lowest BCUT2D eigenvalue weighted by Crippen LogP contribution is -2.38. The molecule has 1 aromatic carbocycles. The predicted octanol–water partition coefficient (Wildman–Crippen LogP) is 2.13. The minimum atomic E-state index is -1.40. The predicted molar refractivity (Wildman–Crippen MR) is 78.4 cm³/mol. The molecule has 22 heavy (non-hydrogen) atoms. The van der Waals surface area contributed by atoms with E-state index in [0.717, 1.165) is 0 Å². The number of aliphatic hydroxyl groups is 1. The van der Waals surface area contributed by atoms with Crippen LogP contribution in [0, 0.1) is 17.0 Å². The largest absolute Gasteiger partial charge is 0.466 e. The molecule has 0 fully saturated rings. The first-order valence-electron chi connectivity index (χ1n) is 6.61. The minimum absolute atomic E-state index is 0.0414. The summed E-state index contributed by atoms with van der Waals surface area (Å²) in [5.74, 6) is -0.325. The number of nitrogens with zero attached hydrogens (tertiary/aromatic N) is 1. The van der Waals surface area contributed by atoms with Gasteiger partial charge in [0.05, 0.1) is 17.7 Å². The van der Waals surface area contributed by atoms with Crippen LogP contribution in [0.5, 0.6) is 0 Å². The Morgan fingerprint density at radius 1 is 1.41 bits per heavy atom. The number of nitro groups is 1. The summed E-state index contributed by atoms with van der Waals surface area (Å²) in [5, 5.41) is 23.9. The van der Waals surface area contributed by atoms with Crippen LogP contribution in [0.2, 0.25) is 0 Å². The highest BCUT2D eigenvalue weighted by molar-refractivity contribution is 5.98. The Labute approximate surface area is 126 Å². The van der Waals surface area contributed by atoms with Crippen LogP contribution in [0.3, 0.4) is 0 Å². The van der Waals surface area contributed by atoms with Gasteiger partial charge in [-0.2, -0.15) is 0 Å². The van der Waals surface area contributed by atoms with E-state index in [1.807, 2.05) is 0 Å². The van der Waals surface area contributed by atoms with Gasteiger partial charge in [-0.3, -0.25) is 14.9 Å². The van der Waals surface area contributed by atoms with Gasteiger partial charge < -0.3 is 14.8 Å². The first-order valence-corrected chi connectivity index (χ1v) is 6.61. The van der Waals surface area contributed by atoms with Gasteiger partial charge in [0.25, 0.3) is 11.6 Å². The third kappa shape index (κ3) is 3.15. The van der Waals surface area contributed by atoms with E-state index in [1.54, 1.807) is 31.2 Å². The molecule has 1 atom stereocenters. The van der Waals surface area contributed by atoms with Crippen molar-refractivity contribution in [3.8, 4) is 0 Å². The van der Waals surface area contributed by atoms with E-state index in [4.69, 9.17) is 4.42 Å². The number of carbonyl (C=O) groups is 1. The second kappa shape index (κ2) is 5.98. The van der Waals surface area contributed by atoms with Gasteiger partial charge in [0.1, 0.15) is 16.9 Å². The third-order valence-electron chi connectivity index (χ3n) is 3.31. The lowest BCUT2D eigenvalue weighted by atomic mass is 10.0. The number of hydrogen-bond acceptors (Lipinski definition) is 5. The molecule has 0 saturated heterocycles. The molecular weight excluding hydrogens is 288 g/mol. The van der Waals surface area contributed by atoms with Crippen LogP contribution in [0.15, 0.2) is 41.0 Å². The van der Waals surface area contributed by atoms with Crippen molar-refractivity contribution in [3.63, 3.8) is 0 Å². The van der Waals surface area contributed by atoms with Gasteiger partial charge in [-0.15, -0.1) is 0 Å². The molecular formula is C15H16N2O5. The molecule has 0 saturated carbocycles. The number of nitro benzene ring substituents is 1. The summed E-state index contributed by atoms with van der Waals surface area (Å²) in [6, 6.07) is 7.72. The van der Waals surface area contributed by atoms with E-state index < -0.39 is 16.4 Å². The maximum absolute atomic E-state index is 12.2. The first kappa shape index (κ1) is 15.7. The van der Waals surface area contributed by atoms with Gasteiger partial charge in [-0.25, -0.2) is 0 Å². The van der Waals surface area contributed by atoms with E-state index in [0.29, 0.717) is 11.3 Å². The molecule has 0 aliphatic rings. The molecule has 7 nitrogen and oxygen atoms in total. The van der Waals surface area contributed by atoms with Crippen molar-refractivity contribution in [3.05, 3.63) is 63.6 Å². The fourth-order valence-electron chi connectivity index (χ4n) is 2.10. The number of aryl methyl sites for hydroxylation is 1. The molecule has 0 aliphatic heterocycles. The van der Waals surface area contributed by atoms with E-state index in [-0.39, 0.29) is 17.8 Å². The zero-order chi connectivity index (χ0) is 16.3. The van der Waals surface area contributed by atoms with Crippen LogP contribution < -0.4 is 5.32 Å². The van der Waals surface area contributed by atoms with Crippen molar-refractivity contribution >= 4 is 11.6 Å². The molecule has 116 valence electrons.